The van der Waals surface area contributed by atoms with E-state index in [9.17, 15) is 21.6 Å². The van der Waals surface area contributed by atoms with Crippen LogP contribution in [0.4, 0.5) is 0 Å². The summed E-state index contributed by atoms with van der Waals surface area (Å²) >= 11 is 0. The van der Waals surface area contributed by atoms with Gasteiger partial charge in [-0.2, -0.15) is 21.3 Å². The van der Waals surface area contributed by atoms with Crippen LogP contribution in [-0.2, 0) is 31.4 Å². The number of sulfonamides is 1. The maximum absolute atomic E-state index is 12.5. The molecule has 9 nitrogen and oxygen atoms in total. The number of nitrogens with zero attached hydrogens (tertiary/aromatic N) is 4. The number of aryl methyl sites for hydroxylation is 1. The lowest BCUT2D eigenvalue weighted by Crippen LogP contribution is -2.53. The third kappa shape index (κ3) is 5.58. The monoisotopic (exact) mass is 460 g/mol. The van der Waals surface area contributed by atoms with E-state index < -0.39 is 20.2 Å². The molecule has 1 aromatic rings. The third-order valence-corrected chi connectivity index (χ3v) is 9.28. The van der Waals surface area contributed by atoms with Crippen molar-refractivity contribution in [2.24, 2.45) is 0 Å². The highest BCUT2D eigenvalue weighted by Gasteiger charge is 2.30. The zero-order valence-corrected chi connectivity index (χ0v) is 19.7. The van der Waals surface area contributed by atoms with Crippen LogP contribution in [0.15, 0.2) is 29.2 Å². The van der Waals surface area contributed by atoms with Gasteiger partial charge in [-0.1, -0.05) is 26.0 Å². The molecule has 0 atom stereocenters. The summed E-state index contributed by atoms with van der Waals surface area (Å²) in [6.45, 7) is 5.73. The second-order valence-corrected chi connectivity index (χ2v) is 11.4. The molecule has 0 bridgehead atoms. The molecule has 1 aromatic carbocycles. The van der Waals surface area contributed by atoms with E-state index in [2.05, 4.69) is 0 Å². The maximum atomic E-state index is 12.5. The van der Waals surface area contributed by atoms with Gasteiger partial charge in [-0.3, -0.25) is 4.79 Å². The molecule has 1 heterocycles. The lowest BCUT2D eigenvalue weighted by atomic mass is 10.1. The molecule has 1 saturated heterocycles. The first-order valence-electron chi connectivity index (χ1n) is 10.1. The maximum Gasteiger partial charge on any atom is 0.281 e. The van der Waals surface area contributed by atoms with Crippen LogP contribution >= 0.6 is 0 Å². The Hall–Kier alpha value is -1.53. The fraction of sp³-hybridized carbons (Fsp3) is 0.632. The summed E-state index contributed by atoms with van der Waals surface area (Å²) in [5.74, 6) is -0.0308. The molecule has 1 fully saturated rings. The van der Waals surface area contributed by atoms with Gasteiger partial charge in [0, 0.05) is 59.8 Å². The van der Waals surface area contributed by atoms with E-state index in [4.69, 9.17) is 0 Å². The number of amides is 1. The highest BCUT2D eigenvalue weighted by molar-refractivity contribution is 7.89. The number of piperazine rings is 1. The number of carbonyl (C=O) groups is 1. The molecule has 30 heavy (non-hydrogen) atoms. The summed E-state index contributed by atoms with van der Waals surface area (Å²) in [6, 6.07) is 6.65. The van der Waals surface area contributed by atoms with Gasteiger partial charge in [0.25, 0.3) is 10.2 Å². The molecule has 1 aliphatic rings. The predicted octanol–water partition coefficient (Wildman–Crippen LogP) is 0.600. The first kappa shape index (κ1) is 24.7. The van der Waals surface area contributed by atoms with Crippen LogP contribution in [0.5, 0.6) is 0 Å². The number of carbonyl (C=O) groups excluding carboxylic acids is 1. The first-order valence-corrected chi connectivity index (χ1v) is 12.9. The molecule has 0 saturated carbocycles. The molecule has 11 heteroatoms. The van der Waals surface area contributed by atoms with Crippen molar-refractivity contribution in [3.05, 3.63) is 29.8 Å². The van der Waals surface area contributed by atoms with E-state index in [1.807, 2.05) is 0 Å². The van der Waals surface area contributed by atoms with Gasteiger partial charge in [0.15, 0.2) is 0 Å². The standard InChI is InChI=1S/C19H32N4O5S2/c1-5-22(6-2)29(25,26)18-10-7-17(8-11-18)9-12-19(24)21-13-15-23(16-14-21)30(27,28)20(3)4/h7-8,10-11H,5-6,9,12-16H2,1-4H3. The molecule has 0 aliphatic carbocycles. The van der Waals surface area contributed by atoms with Gasteiger partial charge in [-0.25, -0.2) is 8.42 Å². The summed E-state index contributed by atoms with van der Waals surface area (Å²) in [5, 5.41) is 0. The fourth-order valence-electron chi connectivity index (χ4n) is 3.35. The molecular formula is C19H32N4O5S2. The minimum Gasteiger partial charge on any atom is -0.340 e. The Kier molecular flexibility index (Phi) is 8.40. The van der Waals surface area contributed by atoms with Crippen molar-refractivity contribution >= 4 is 26.1 Å². The molecule has 170 valence electrons. The van der Waals surface area contributed by atoms with E-state index in [0.717, 1.165) is 5.56 Å². The van der Waals surface area contributed by atoms with Gasteiger partial charge in [0.1, 0.15) is 0 Å². The number of rotatable bonds is 9. The molecule has 2 rings (SSSR count). The summed E-state index contributed by atoms with van der Waals surface area (Å²) in [7, 11) is -3.96. The normalized spacial score (nSPS) is 16.4. The molecule has 0 aromatic heterocycles. The van der Waals surface area contributed by atoms with Crippen molar-refractivity contribution < 1.29 is 21.6 Å². The zero-order valence-electron chi connectivity index (χ0n) is 18.1. The van der Waals surface area contributed by atoms with Crippen LogP contribution in [0.2, 0.25) is 0 Å². The Morgan fingerprint density at radius 1 is 0.933 bits per heavy atom. The quantitative estimate of drug-likeness (QED) is 0.537. The van der Waals surface area contributed by atoms with Crippen molar-refractivity contribution in [1.29, 1.82) is 0 Å². The Morgan fingerprint density at radius 3 is 1.93 bits per heavy atom. The van der Waals surface area contributed by atoms with E-state index in [-0.39, 0.29) is 23.9 Å². The molecule has 1 amide bonds. The van der Waals surface area contributed by atoms with Crippen LogP contribution in [-0.4, -0.2) is 93.9 Å². The summed E-state index contributed by atoms with van der Waals surface area (Å²) < 4.78 is 53.3. The Labute approximate surface area is 180 Å². The van der Waals surface area contributed by atoms with Crippen molar-refractivity contribution in [3.63, 3.8) is 0 Å². The minimum absolute atomic E-state index is 0.0308. The second-order valence-electron chi connectivity index (χ2n) is 7.30. The Balaban J connectivity index is 1.90. The Morgan fingerprint density at radius 2 is 1.47 bits per heavy atom. The lowest BCUT2D eigenvalue weighted by molar-refractivity contribution is -0.132. The highest BCUT2D eigenvalue weighted by atomic mass is 32.2. The molecule has 1 aliphatic heterocycles. The van der Waals surface area contributed by atoms with Crippen LogP contribution in [0.3, 0.4) is 0 Å². The second kappa shape index (κ2) is 10.2. The first-order chi connectivity index (χ1) is 14.0. The van der Waals surface area contributed by atoms with Crippen molar-refractivity contribution in [3.8, 4) is 0 Å². The van der Waals surface area contributed by atoms with E-state index in [1.54, 1.807) is 43.0 Å². The predicted molar refractivity (Wildman–Crippen MR) is 116 cm³/mol. The van der Waals surface area contributed by atoms with E-state index in [1.165, 1.54) is 27.0 Å². The molecule has 0 radical (unpaired) electrons. The largest absolute Gasteiger partial charge is 0.340 e. The van der Waals surface area contributed by atoms with Crippen molar-refractivity contribution in [1.82, 2.24) is 17.8 Å². The van der Waals surface area contributed by atoms with E-state index in [0.29, 0.717) is 39.0 Å². The van der Waals surface area contributed by atoms with Crippen LogP contribution in [0, 0.1) is 0 Å². The molecule has 0 spiro atoms. The van der Waals surface area contributed by atoms with E-state index >= 15 is 0 Å². The van der Waals surface area contributed by atoms with Crippen LogP contribution in [0.1, 0.15) is 25.8 Å². The van der Waals surface area contributed by atoms with Crippen molar-refractivity contribution in [2.45, 2.75) is 31.6 Å². The number of benzene rings is 1. The number of hydrogen-bond donors (Lipinski definition) is 0. The van der Waals surface area contributed by atoms with Gasteiger partial charge in [-0.05, 0) is 24.1 Å². The molecular weight excluding hydrogens is 428 g/mol. The van der Waals surface area contributed by atoms with Gasteiger partial charge >= 0.3 is 0 Å². The fourth-order valence-corrected chi connectivity index (χ4v) is 5.89. The molecule has 0 N–H and O–H groups in total. The number of hydrogen-bond acceptors (Lipinski definition) is 5. The summed E-state index contributed by atoms with van der Waals surface area (Å²) in [4.78, 5) is 14.4. The zero-order chi connectivity index (χ0) is 22.5. The van der Waals surface area contributed by atoms with Gasteiger partial charge < -0.3 is 4.90 Å². The average molecular weight is 461 g/mol. The van der Waals surface area contributed by atoms with Crippen LogP contribution in [0.25, 0.3) is 0 Å². The average Bonchev–Trinajstić information content (AvgIpc) is 2.73. The summed E-state index contributed by atoms with van der Waals surface area (Å²) in [6.07, 6.45) is 0.795. The van der Waals surface area contributed by atoms with Crippen LogP contribution < -0.4 is 0 Å². The Bertz CT molecular complexity index is 918. The SMILES string of the molecule is CCN(CC)S(=O)(=O)c1ccc(CCC(=O)N2CCN(S(=O)(=O)N(C)C)CC2)cc1. The highest BCUT2D eigenvalue weighted by Crippen LogP contribution is 2.17. The smallest absolute Gasteiger partial charge is 0.281 e. The molecule has 0 unspecified atom stereocenters. The van der Waals surface area contributed by atoms with Gasteiger partial charge in [-0.15, -0.1) is 0 Å². The minimum atomic E-state index is -3.49. The topological polar surface area (TPSA) is 98.3 Å². The van der Waals surface area contributed by atoms with Gasteiger partial charge in [0.05, 0.1) is 4.90 Å². The summed E-state index contributed by atoms with van der Waals surface area (Å²) in [5.41, 5.74) is 0.885. The lowest BCUT2D eigenvalue weighted by Gasteiger charge is -2.35. The third-order valence-electron chi connectivity index (χ3n) is 5.27. The van der Waals surface area contributed by atoms with Gasteiger partial charge in [0.2, 0.25) is 15.9 Å². The van der Waals surface area contributed by atoms with Crippen molar-refractivity contribution in [2.75, 3.05) is 53.4 Å².